The van der Waals surface area contributed by atoms with Gasteiger partial charge in [-0.05, 0) is 42.0 Å². The molecule has 10 heteroatoms. The van der Waals surface area contributed by atoms with Gasteiger partial charge in [-0.15, -0.1) is 11.3 Å². The molecule has 5 rings (SSSR count). The Bertz CT molecular complexity index is 1160. The quantitative estimate of drug-likeness (QED) is 0.441. The molecule has 0 aliphatic carbocycles. The average Bonchev–Trinajstić information content (AvgIpc) is 3.58. The van der Waals surface area contributed by atoms with Crippen molar-refractivity contribution in [1.29, 1.82) is 0 Å². The number of fused-ring (bicyclic) bond motifs is 1. The minimum Gasteiger partial charge on any atom is -0.487 e. The molecule has 2 aliphatic heterocycles. The molecule has 3 heterocycles. The number of carbonyl (C=O) groups excluding carboxylic acids is 2. The van der Waals surface area contributed by atoms with Crippen LogP contribution < -0.4 is 14.2 Å². The van der Waals surface area contributed by atoms with E-state index in [1.54, 1.807) is 34.7 Å². The Labute approximate surface area is 206 Å². The minimum absolute atomic E-state index is 0.190. The van der Waals surface area contributed by atoms with Gasteiger partial charge >= 0.3 is 5.97 Å². The van der Waals surface area contributed by atoms with E-state index in [1.807, 2.05) is 23.6 Å². The van der Waals surface area contributed by atoms with Gasteiger partial charge in [0.1, 0.15) is 12.4 Å². The van der Waals surface area contributed by atoms with E-state index in [-0.39, 0.29) is 19.3 Å². The zero-order valence-corrected chi connectivity index (χ0v) is 19.9. The summed E-state index contributed by atoms with van der Waals surface area (Å²) in [7, 11) is 0. The highest BCUT2D eigenvalue weighted by Crippen LogP contribution is 2.32. The fourth-order valence-corrected chi connectivity index (χ4v) is 4.45. The van der Waals surface area contributed by atoms with Crippen molar-refractivity contribution in [2.24, 2.45) is 0 Å². The molecule has 1 saturated heterocycles. The minimum atomic E-state index is -0.536. The van der Waals surface area contributed by atoms with Crippen molar-refractivity contribution < 1.29 is 28.5 Å². The summed E-state index contributed by atoms with van der Waals surface area (Å²) < 4.78 is 21.7. The maximum absolute atomic E-state index is 12.6. The Hall–Kier alpha value is -3.63. The largest absolute Gasteiger partial charge is 0.487 e. The zero-order valence-electron chi connectivity index (χ0n) is 19.1. The van der Waals surface area contributed by atoms with Gasteiger partial charge in [0.25, 0.3) is 5.91 Å². The fourth-order valence-electron chi connectivity index (χ4n) is 3.91. The number of piperazine rings is 1. The van der Waals surface area contributed by atoms with Crippen LogP contribution in [-0.2, 0) is 22.7 Å². The van der Waals surface area contributed by atoms with Crippen molar-refractivity contribution in [3.05, 3.63) is 70.2 Å². The zero-order chi connectivity index (χ0) is 24.0. The lowest BCUT2D eigenvalue weighted by molar-refractivity contribution is -0.136. The SMILES string of the molecule is O=C(OCC(=O)N1CCN(Cc2ccc3c(c2)OCO3)CC1)c1ccc(OCc2cscn2)cc1. The number of benzene rings is 2. The van der Waals surface area contributed by atoms with Gasteiger partial charge in [0, 0.05) is 38.1 Å². The summed E-state index contributed by atoms with van der Waals surface area (Å²) in [4.78, 5) is 33.1. The molecule has 182 valence electrons. The summed E-state index contributed by atoms with van der Waals surface area (Å²) in [5, 5.41) is 1.92. The van der Waals surface area contributed by atoms with Crippen LogP contribution in [0.3, 0.4) is 0 Å². The number of amides is 1. The molecule has 0 atom stereocenters. The number of carbonyl (C=O) groups is 2. The number of thiazole rings is 1. The van der Waals surface area contributed by atoms with E-state index in [9.17, 15) is 9.59 Å². The standard InChI is InChI=1S/C25H25N3O6S/c29-24(14-32-25(30)19-2-4-21(5-3-19)31-13-20-15-35-16-26-20)28-9-7-27(8-10-28)12-18-1-6-22-23(11-18)34-17-33-22/h1-6,11,15-16H,7-10,12-14,17H2. The van der Waals surface area contributed by atoms with Crippen molar-refractivity contribution in [2.75, 3.05) is 39.6 Å². The molecular formula is C25H25N3O6S. The van der Waals surface area contributed by atoms with Gasteiger partial charge in [-0.2, -0.15) is 0 Å². The van der Waals surface area contributed by atoms with Crippen molar-refractivity contribution >= 4 is 23.2 Å². The molecule has 3 aromatic rings. The first-order chi connectivity index (χ1) is 17.1. The van der Waals surface area contributed by atoms with Crippen LogP contribution in [0, 0.1) is 0 Å². The van der Waals surface area contributed by atoms with E-state index >= 15 is 0 Å². The Morgan fingerprint density at radius 2 is 1.80 bits per heavy atom. The lowest BCUT2D eigenvalue weighted by Gasteiger charge is -2.34. The van der Waals surface area contributed by atoms with E-state index in [1.165, 1.54) is 11.3 Å². The second-order valence-electron chi connectivity index (χ2n) is 8.21. The van der Waals surface area contributed by atoms with Crippen LogP contribution in [0.4, 0.5) is 0 Å². The van der Waals surface area contributed by atoms with Crippen LogP contribution in [0.15, 0.2) is 53.4 Å². The monoisotopic (exact) mass is 495 g/mol. The summed E-state index contributed by atoms with van der Waals surface area (Å²) in [5.74, 6) is 1.45. The predicted octanol–water partition coefficient (Wildman–Crippen LogP) is 2.95. The molecule has 2 aromatic carbocycles. The van der Waals surface area contributed by atoms with Crippen LogP contribution in [0.5, 0.6) is 17.2 Å². The van der Waals surface area contributed by atoms with E-state index < -0.39 is 5.97 Å². The topological polar surface area (TPSA) is 90.4 Å². The second kappa shape index (κ2) is 10.7. The summed E-state index contributed by atoms with van der Waals surface area (Å²) >= 11 is 1.51. The van der Waals surface area contributed by atoms with Gasteiger partial charge in [0.2, 0.25) is 6.79 Å². The first-order valence-corrected chi connectivity index (χ1v) is 12.2. The Balaban J connectivity index is 1.03. The number of ether oxygens (including phenoxy) is 4. The van der Waals surface area contributed by atoms with E-state index in [0.717, 1.165) is 42.4 Å². The first kappa shape index (κ1) is 23.1. The van der Waals surface area contributed by atoms with Gasteiger partial charge in [0.05, 0.1) is 16.8 Å². The maximum atomic E-state index is 12.6. The molecule has 0 saturated carbocycles. The number of nitrogens with zero attached hydrogens (tertiary/aromatic N) is 3. The summed E-state index contributed by atoms with van der Waals surface area (Å²) in [6.45, 7) is 3.80. The third-order valence-electron chi connectivity index (χ3n) is 5.86. The predicted molar refractivity (Wildman–Crippen MR) is 128 cm³/mol. The van der Waals surface area contributed by atoms with E-state index in [0.29, 0.717) is 31.0 Å². The van der Waals surface area contributed by atoms with Gasteiger partial charge in [-0.1, -0.05) is 6.07 Å². The van der Waals surface area contributed by atoms with Gasteiger partial charge < -0.3 is 23.8 Å². The normalized spacial score (nSPS) is 15.1. The molecule has 1 aromatic heterocycles. The van der Waals surface area contributed by atoms with Gasteiger partial charge in [-0.3, -0.25) is 9.69 Å². The van der Waals surface area contributed by atoms with Crippen molar-refractivity contribution in [3.63, 3.8) is 0 Å². The second-order valence-corrected chi connectivity index (χ2v) is 8.93. The van der Waals surface area contributed by atoms with Crippen LogP contribution in [0.2, 0.25) is 0 Å². The third kappa shape index (κ3) is 5.90. The van der Waals surface area contributed by atoms with Crippen LogP contribution in [0.25, 0.3) is 0 Å². The average molecular weight is 496 g/mol. The summed E-state index contributed by atoms with van der Waals surface area (Å²) in [5.41, 5.74) is 4.11. The Morgan fingerprint density at radius 3 is 2.57 bits per heavy atom. The smallest absolute Gasteiger partial charge is 0.338 e. The lowest BCUT2D eigenvalue weighted by atomic mass is 10.1. The molecule has 35 heavy (non-hydrogen) atoms. The molecule has 0 bridgehead atoms. The maximum Gasteiger partial charge on any atom is 0.338 e. The van der Waals surface area contributed by atoms with Crippen LogP contribution in [-0.4, -0.2) is 66.2 Å². The molecule has 9 nitrogen and oxygen atoms in total. The molecular weight excluding hydrogens is 470 g/mol. The van der Waals surface area contributed by atoms with Gasteiger partial charge in [-0.25, -0.2) is 9.78 Å². The highest BCUT2D eigenvalue weighted by atomic mass is 32.1. The third-order valence-corrected chi connectivity index (χ3v) is 6.49. The Kier molecular flexibility index (Phi) is 7.10. The molecule has 0 spiro atoms. The highest BCUT2D eigenvalue weighted by molar-refractivity contribution is 7.07. The van der Waals surface area contributed by atoms with Gasteiger partial charge in [0.15, 0.2) is 18.1 Å². The number of aromatic nitrogens is 1. The molecule has 0 N–H and O–H groups in total. The van der Waals surface area contributed by atoms with E-state index in [2.05, 4.69) is 9.88 Å². The molecule has 0 unspecified atom stereocenters. The molecule has 1 fully saturated rings. The number of esters is 1. The number of hydrogen-bond acceptors (Lipinski definition) is 9. The summed E-state index contributed by atoms with van der Waals surface area (Å²) in [6.07, 6.45) is 0. The van der Waals surface area contributed by atoms with Crippen LogP contribution >= 0.6 is 11.3 Å². The lowest BCUT2D eigenvalue weighted by Crippen LogP contribution is -2.49. The van der Waals surface area contributed by atoms with Crippen LogP contribution in [0.1, 0.15) is 21.6 Å². The van der Waals surface area contributed by atoms with Crippen molar-refractivity contribution in [3.8, 4) is 17.2 Å². The highest BCUT2D eigenvalue weighted by Gasteiger charge is 2.23. The molecule has 1 amide bonds. The van der Waals surface area contributed by atoms with E-state index in [4.69, 9.17) is 18.9 Å². The Morgan fingerprint density at radius 1 is 1.00 bits per heavy atom. The number of rotatable bonds is 8. The molecule has 0 radical (unpaired) electrons. The van der Waals surface area contributed by atoms with Crippen molar-refractivity contribution in [2.45, 2.75) is 13.2 Å². The first-order valence-electron chi connectivity index (χ1n) is 11.3. The van der Waals surface area contributed by atoms with Crippen molar-refractivity contribution in [1.82, 2.24) is 14.8 Å². The summed E-state index contributed by atoms with van der Waals surface area (Å²) in [6, 6.07) is 12.6. The number of hydrogen-bond donors (Lipinski definition) is 0. The molecule has 2 aliphatic rings. The fraction of sp³-hybridized carbons (Fsp3) is 0.320.